The van der Waals surface area contributed by atoms with Gasteiger partial charge in [-0.2, -0.15) is 0 Å². The van der Waals surface area contributed by atoms with E-state index in [0.29, 0.717) is 11.4 Å². The number of carbonyl (C=O) groups excluding carboxylic acids is 1. The smallest absolute Gasteiger partial charge is 0.339 e. The third-order valence-electron chi connectivity index (χ3n) is 6.04. The molecule has 43 heavy (non-hydrogen) atoms. The highest BCUT2D eigenvalue weighted by Crippen LogP contribution is 2.27. The van der Waals surface area contributed by atoms with Gasteiger partial charge in [0.25, 0.3) is 5.91 Å². The van der Waals surface area contributed by atoms with Crippen molar-refractivity contribution in [3.63, 3.8) is 0 Å². The lowest BCUT2D eigenvalue weighted by Gasteiger charge is -2.20. The highest BCUT2D eigenvalue weighted by molar-refractivity contribution is 5.96. The molecule has 0 spiro atoms. The van der Waals surface area contributed by atoms with E-state index >= 15 is 0 Å². The van der Waals surface area contributed by atoms with Crippen LogP contribution in [0.15, 0.2) is 60.9 Å². The number of nitrogens with one attached hydrogen (secondary N) is 1. The number of rotatable bonds is 7. The molecule has 0 saturated heterocycles. The van der Waals surface area contributed by atoms with Crippen LogP contribution in [0.3, 0.4) is 0 Å². The maximum atomic E-state index is 13.2. The Labute approximate surface area is 242 Å². The SMILES string of the molecule is CC(C)(C)NC(=O)c1cc(-c2cn(-c3ccc(C(=O)O)c(O)c3)nn2)nc(-c2cn(-c3ccc(C(=O)O)c(O)c3)nn2)c1. The lowest BCUT2D eigenvalue weighted by atomic mass is 10.1. The van der Waals surface area contributed by atoms with Gasteiger partial charge in [0.1, 0.15) is 34.0 Å². The Bertz CT molecular complexity index is 1790. The van der Waals surface area contributed by atoms with E-state index in [-0.39, 0.29) is 45.4 Å². The van der Waals surface area contributed by atoms with Gasteiger partial charge in [-0.3, -0.25) is 4.79 Å². The minimum atomic E-state index is -1.28. The van der Waals surface area contributed by atoms with Crippen LogP contribution in [0.1, 0.15) is 51.8 Å². The zero-order valence-corrected chi connectivity index (χ0v) is 22.9. The number of aromatic carboxylic acids is 2. The molecule has 0 radical (unpaired) electrons. The predicted molar refractivity (Wildman–Crippen MR) is 149 cm³/mol. The number of nitrogens with zero attached hydrogens (tertiary/aromatic N) is 7. The Hall–Kier alpha value is -6.12. The molecule has 1 amide bonds. The molecule has 3 aromatic heterocycles. The van der Waals surface area contributed by atoms with Crippen LogP contribution >= 0.6 is 0 Å². The molecular weight excluding hydrogens is 560 g/mol. The molecule has 0 aliphatic heterocycles. The second-order valence-electron chi connectivity index (χ2n) is 10.4. The highest BCUT2D eigenvalue weighted by atomic mass is 16.4. The van der Waals surface area contributed by atoms with Gasteiger partial charge in [0.05, 0.1) is 35.2 Å². The molecule has 0 atom stereocenters. The summed E-state index contributed by atoms with van der Waals surface area (Å²) in [5, 5.41) is 57.8. The number of phenols is 2. The van der Waals surface area contributed by atoms with Crippen LogP contribution in [0.5, 0.6) is 11.5 Å². The molecular formula is C28H24N8O7. The molecule has 0 unspecified atom stereocenters. The summed E-state index contributed by atoms with van der Waals surface area (Å²) in [7, 11) is 0. The van der Waals surface area contributed by atoms with Crippen LogP contribution in [0.4, 0.5) is 0 Å². The lowest BCUT2D eigenvalue weighted by Crippen LogP contribution is -2.40. The second kappa shape index (κ2) is 10.7. The summed E-state index contributed by atoms with van der Waals surface area (Å²) in [6.45, 7) is 5.50. The summed E-state index contributed by atoms with van der Waals surface area (Å²) in [5.74, 6) is -3.84. The van der Waals surface area contributed by atoms with Crippen molar-refractivity contribution in [1.82, 2.24) is 40.3 Å². The van der Waals surface area contributed by atoms with Crippen molar-refractivity contribution >= 4 is 17.8 Å². The number of hydrogen-bond acceptors (Lipinski definition) is 10. The van der Waals surface area contributed by atoms with Crippen molar-refractivity contribution in [3.8, 4) is 45.6 Å². The maximum absolute atomic E-state index is 13.2. The van der Waals surface area contributed by atoms with Crippen molar-refractivity contribution < 1.29 is 34.8 Å². The number of carboxylic acid groups (broad SMARTS) is 2. The number of aromatic nitrogens is 7. The summed E-state index contributed by atoms with van der Waals surface area (Å²) >= 11 is 0. The number of pyridine rings is 1. The van der Waals surface area contributed by atoms with Gasteiger partial charge in [-0.1, -0.05) is 10.4 Å². The van der Waals surface area contributed by atoms with Gasteiger partial charge in [-0.05, 0) is 57.2 Å². The van der Waals surface area contributed by atoms with Crippen molar-refractivity contribution in [3.05, 3.63) is 77.6 Å². The van der Waals surface area contributed by atoms with E-state index in [1.165, 1.54) is 70.3 Å². The molecule has 0 aliphatic carbocycles. The zero-order valence-electron chi connectivity index (χ0n) is 22.9. The van der Waals surface area contributed by atoms with E-state index in [1.807, 2.05) is 20.8 Å². The van der Waals surface area contributed by atoms with Crippen molar-refractivity contribution in [1.29, 1.82) is 0 Å². The number of benzene rings is 2. The van der Waals surface area contributed by atoms with Crippen LogP contribution in [-0.2, 0) is 0 Å². The third-order valence-corrected chi connectivity index (χ3v) is 6.04. The van der Waals surface area contributed by atoms with Crippen LogP contribution in [0.2, 0.25) is 0 Å². The topological polar surface area (TPSA) is 218 Å². The first-order chi connectivity index (χ1) is 20.3. The average molecular weight is 585 g/mol. The molecule has 5 N–H and O–H groups in total. The number of aromatic hydroxyl groups is 2. The number of carboxylic acids is 2. The molecule has 0 fully saturated rings. The number of hydrogen-bond donors (Lipinski definition) is 5. The molecule has 218 valence electrons. The zero-order chi connectivity index (χ0) is 31.1. The molecule has 0 bridgehead atoms. The molecule has 5 aromatic rings. The molecule has 3 heterocycles. The summed E-state index contributed by atoms with van der Waals surface area (Å²) in [5.41, 5.74) is 0.867. The first-order valence-electron chi connectivity index (χ1n) is 12.6. The van der Waals surface area contributed by atoms with Crippen molar-refractivity contribution in [2.24, 2.45) is 0 Å². The van der Waals surface area contributed by atoms with Crippen LogP contribution < -0.4 is 5.32 Å². The van der Waals surface area contributed by atoms with Crippen LogP contribution in [0, 0.1) is 0 Å². The minimum Gasteiger partial charge on any atom is -0.507 e. The number of carbonyl (C=O) groups is 3. The molecule has 0 saturated carbocycles. The minimum absolute atomic E-state index is 0.242. The first-order valence-corrected chi connectivity index (χ1v) is 12.6. The fourth-order valence-corrected chi connectivity index (χ4v) is 4.04. The van der Waals surface area contributed by atoms with E-state index in [0.717, 1.165) is 0 Å². The van der Waals surface area contributed by atoms with Gasteiger partial charge < -0.3 is 25.7 Å². The molecule has 2 aromatic carbocycles. The predicted octanol–water partition coefficient (Wildman–Crippen LogP) is 2.91. The third kappa shape index (κ3) is 6.00. The summed E-state index contributed by atoms with van der Waals surface area (Å²) in [4.78, 5) is 40.2. The van der Waals surface area contributed by atoms with Crippen LogP contribution in [0.25, 0.3) is 34.2 Å². The number of amides is 1. The van der Waals surface area contributed by atoms with Gasteiger partial charge in [0, 0.05) is 23.2 Å². The Balaban J connectivity index is 1.55. The van der Waals surface area contributed by atoms with Crippen LogP contribution in [-0.4, -0.2) is 78.8 Å². The normalized spacial score (nSPS) is 11.3. The average Bonchev–Trinajstić information content (AvgIpc) is 3.62. The van der Waals surface area contributed by atoms with Crippen molar-refractivity contribution in [2.45, 2.75) is 26.3 Å². The molecule has 15 nitrogen and oxygen atoms in total. The summed E-state index contributed by atoms with van der Waals surface area (Å²) in [6.07, 6.45) is 2.99. The fraction of sp³-hybridized carbons (Fsp3) is 0.143. The van der Waals surface area contributed by atoms with E-state index < -0.39 is 29.0 Å². The largest absolute Gasteiger partial charge is 0.507 e. The van der Waals surface area contributed by atoms with Gasteiger partial charge in [0.2, 0.25) is 0 Å². The van der Waals surface area contributed by atoms with Crippen molar-refractivity contribution in [2.75, 3.05) is 0 Å². The van der Waals surface area contributed by atoms with E-state index in [2.05, 4.69) is 30.9 Å². The second-order valence-corrected chi connectivity index (χ2v) is 10.4. The van der Waals surface area contributed by atoms with Gasteiger partial charge in [-0.15, -0.1) is 10.2 Å². The van der Waals surface area contributed by atoms with Gasteiger partial charge >= 0.3 is 11.9 Å². The Kier molecular flexibility index (Phi) is 7.07. The lowest BCUT2D eigenvalue weighted by molar-refractivity contribution is 0.0682. The monoisotopic (exact) mass is 584 g/mol. The standard InChI is InChI=1S/C28H24N8O7/c1-28(2,3)30-25(39)14-8-19(21-12-35(33-31-21)15-4-6-17(26(40)41)23(37)10-15)29-20(9-14)22-13-36(34-32-22)16-5-7-18(27(42)43)24(38)11-16/h4-13,37-38H,1-3H3,(H,30,39)(H,40,41)(H,42,43). The summed E-state index contributed by atoms with van der Waals surface area (Å²) in [6, 6.07) is 10.9. The van der Waals surface area contributed by atoms with E-state index in [4.69, 9.17) is 0 Å². The Morgan fingerprint density at radius 3 is 1.51 bits per heavy atom. The maximum Gasteiger partial charge on any atom is 0.339 e. The van der Waals surface area contributed by atoms with E-state index in [1.54, 1.807) is 0 Å². The van der Waals surface area contributed by atoms with E-state index in [9.17, 15) is 34.8 Å². The first kappa shape index (κ1) is 28.4. The quantitative estimate of drug-likeness (QED) is 0.186. The molecule has 5 rings (SSSR count). The fourth-order valence-electron chi connectivity index (χ4n) is 4.04. The Morgan fingerprint density at radius 2 is 1.14 bits per heavy atom. The van der Waals surface area contributed by atoms with Gasteiger partial charge in [-0.25, -0.2) is 23.9 Å². The highest BCUT2D eigenvalue weighted by Gasteiger charge is 2.21. The molecule has 15 heteroatoms. The molecule has 0 aliphatic rings. The summed E-state index contributed by atoms with van der Waals surface area (Å²) < 4.78 is 2.63. The van der Waals surface area contributed by atoms with Gasteiger partial charge in [0.15, 0.2) is 0 Å². The Morgan fingerprint density at radius 1 is 0.698 bits per heavy atom.